The smallest absolute Gasteiger partial charge is 0.328 e. The van der Waals surface area contributed by atoms with Crippen LogP contribution in [0, 0.1) is 29.6 Å². The van der Waals surface area contributed by atoms with Gasteiger partial charge in [0.25, 0.3) is 0 Å². The third-order valence-electron chi connectivity index (χ3n) is 6.52. The summed E-state index contributed by atoms with van der Waals surface area (Å²) in [5.74, 6) is 3.17. The molecule has 0 N–H and O–H groups in total. The molecule has 0 aromatic rings. The van der Waals surface area contributed by atoms with E-state index in [1.807, 2.05) is 4.90 Å². The molecule has 4 bridgehead atoms. The number of likely N-dealkylation sites (tertiary alicyclic amines) is 1. The zero-order valence-electron chi connectivity index (χ0n) is 12.8. The highest BCUT2D eigenvalue weighted by Gasteiger charge is 2.52. The predicted molar refractivity (Wildman–Crippen MR) is 77.3 cm³/mol. The lowest BCUT2D eigenvalue weighted by Gasteiger charge is -2.54. The molecule has 5 rings (SSSR count). The summed E-state index contributed by atoms with van der Waals surface area (Å²) in [6.07, 6.45) is 8.10. The molecule has 21 heavy (non-hydrogen) atoms. The van der Waals surface area contributed by atoms with Crippen LogP contribution < -0.4 is 0 Å². The monoisotopic (exact) mass is 291 g/mol. The van der Waals surface area contributed by atoms with Crippen LogP contribution in [0.1, 0.15) is 44.9 Å². The van der Waals surface area contributed by atoms with Crippen LogP contribution in [0.4, 0.5) is 0 Å². The summed E-state index contributed by atoms with van der Waals surface area (Å²) in [5.41, 5.74) is 0. The van der Waals surface area contributed by atoms with Gasteiger partial charge in [-0.1, -0.05) is 0 Å². The summed E-state index contributed by atoms with van der Waals surface area (Å²) < 4.78 is 4.89. The molecule has 5 fully saturated rings. The van der Waals surface area contributed by atoms with Crippen molar-refractivity contribution in [3.63, 3.8) is 0 Å². The average Bonchev–Trinajstić information content (AvgIpc) is 2.94. The lowest BCUT2D eigenvalue weighted by molar-refractivity contribution is -0.158. The number of carbonyl (C=O) groups is 2. The molecule has 1 amide bonds. The predicted octanol–water partition coefficient (Wildman–Crippen LogP) is 2.22. The molecular formula is C17H25NO3. The molecular weight excluding hydrogens is 266 g/mol. The van der Waals surface area contributed by atoms with Gasteiger partial charge in [0.2, 0.25) is 5.91 Å². The second-order valence-corrected chi connectivity index (χ2v) is 7.67. The molecule has 5 aliphatic rings. The van der Waals surface area contributed by atoms with Gasteiger partial charge < -0.3 is 9.64 Å². The van der Waals surface area contributed by atoms with Crippen molar-refractivity contribution >= 4 is 11.9 Å². The first-order valence-electron chi connectivity index (χ1n) is 8.55. The number of rotatable bonds is 2. The van der Waals surface area contributed by atoms with Gasteiger partial charge in [-0.05, 0) is 68.6 Å². The van der Waals surface area contributed by atoms with E-state index in [4.69, 9.17) is 4.74 Å². The maximum atomic E-state index is 13.1. The van der Waals surface area contributed by atoms with E-state index in [0.717, 1.165) is 31.2 Å². The summed E-state index contributed by atoms with van der Waals surface area (Å²) in [5, 5.41) is 0. The van der Waals surface area contributed by atoms with Crippen molar-refractivity contribution in [1.82, 2.24) is 4.90 Å². The molecule has 1 aliphatic heterocycles. The van der Waals surface area contributed by atoms with E-state index in [1.165, 1.54) is 39.2 Å². The van der Waals surface area contributed by atoms with Crippen LogP contribution in [0.15, 0.2) is 0 Å². The highest BCUT2D eigenvalue weighted by Crippen LogP contribution is 2.57. The van der Waals surface area contributed by atoms with Crippen molar-refractivity contribution in [1.29, 1.82) is 0 Å². The van der Waals surface area contributed by atoms with E-state index < -0.39 is 0 Å². The van der Waals surface area contributed by atoms with Crippen molar-refractivity contribution in [2.24, 2.45) is 29.6 Å². The Balaban J connectivity index is 1.53. The maximum absolute atomic E-state index is 13.1. The Labute approximate surface area is 126 Å². The van der Waals surface area contributed by atoms with Crippen LogP contribution in [-0.2, 0) is 14.3 Å². The Hall–Kier alpha value is -1.06. The number of hydrogen-bond acceptors (Lipinski definition) is 3. The minimum Gasteiger partial charge on any atom is -0.467 e. The van der Waals surface area contributed by atoms with Gasteiger partial charge in [0.05, 0.1) is 7.11 Å². The molecule has 4 aliphatic carbocycles. The van der Waals surface area contributed by atoms with E-state index in [0.29, 0.717) is 11.8 Å². The SMILES string of the molecule is COC(=O)C1CCCN1C(=O)C1C2CC3CC(C2)CC1C3. The number of esters is 1. The number of amides is 1. The molecule has 0 aromatic carbocycles. The maximum Gasteiger partial charge on any atom is 0.328 e. The van der Waals surface area contributed by atoms with Crippen LogP contribution in [0.25, 0.3) is 0 Å². The minimum absolute atomic E-state index is 0.197. The molecule has 0 aromatic heterocycles. The number of hydrogen-bond donors (Lipinski definition) is 0. The summed E-state index contributed by atoms with van der Waals surface area (Å²) in [6, 6.07) is -0.320. The first-order valence-corrected chi connectivity index (χ1v) is 8.55. The summed E-state index contributed by atoms with van der Waals surface area (Å²) in [6.45, 7) is 0.737. The third kappa shape index (κ3) is 2.09. The zero-order chi connectivity index (χ0) is 14.6. The summed E-state index contributed by atoms with van der Waals surface area (Å²) >= 11 is 0. The second kappa shape index (κ2) is 4.99. The quantitative estimate of drug-likeness (QED) is 0.733. The van der Waals surface area contributed by atoms with Crippen molar-refractivity contribution in [2.45, 2.75) is 51.0 Å². The summed E-state index contributed by atoms with van der Waals surface area (Å²) in [4.78, 5) is 26.8. The second-order valence-electron chi connectivity index (χ2n) is 7.67. The van der Waals surface area contributed by atoms with E-state index in [2.05, 4.69) is 0 Å². The molecule has 1 atom stereocenters. The van der Waals surface area contributed by atoms with Crippen LogP contribution in [-0.4, -0.2) is 36.5 Å². The fourth-order valence-electron chi connectivity index (χ4n) is 5.93. The Morgan fingerprint density at radius 3 is 2.19 bits per heavy atom. The molecule has 4 heteroatoms. The largest absolute Gasteiger partial charge is 0.467 e. The topological polar surface area (TPSA) is 46.6 Å². The fraction of sp³-hybridized carbons (Fsp3) is 0.882. The number of nitrogens with zero attached hydrogens (tertiary/aromatic N) is 1. The van der Waals surface area contributed by atoms with Crippen LogP contribution in [0.5, 0.6) is 0 Å². The van der Waals surface area contributed by atoms with Crippen molar-refractivity contribution in [2.75, 3.05) is 13.7 Å². The standard InChI is InChI=1S/C17H25NO3/c1-21-17(20)14-3-2-4-18(14)16(19)15-12-6-10-5-11(8-12)9-13(15)7-10/h10-15H,2-9H2,1H3. The van der Waals surface area contributed by atoms with E-state index >= 15 is 0 Å². The third-order valence-corrected chi connectivity index (χ3v) is 6.52. The molecule has 0 spiro atoms. The Bertz CT molecular complexity index is 433. The molecule has 0 radical (unpaired) electrons. The van der Waals surface area contributed by atoms with E-state index in [-0.39, 0.29) is 23.8 Å². The van der Waals surface area contributed by atoms with Gasteiger partial charge in [-0.2, -0.15) is 0 Å². The van der Waals surface area contributed by atoms with Gasteiger partial charge in [0.1, 0.15) is 6.04 Å². The summed E-state index contributed by atoms with van der Waals surface area (Å²) in [7, 11) is 1.42. The van der Waals surface area contributed by atoms with Gasteiger partial charge in [-0.3, -0.25) is 4.79 Å². The minimum atomic E-state index is -0.320. The zero-order valence-corrected chi connectivity index (χ0v) is 12.8. The molecule has 1 heterocycles. The van der Waals surface area contributed by atoms with Crippen LogP contribution in [0.2, 0.25) is 0 Å². The van der Waals surface area contributed by atoms with Crippen molar-refractivity contribution in [3.8, 4) is 0 Å². The van der Waals surface area contributed by atoms with Gasteiger partial charge >= 0.3 is 5.97 Å². The highest BCUT2D eigenvalue weighted by molar-refractivity contribution is 5.87. The van der Waals surface area contributed by atoms with Crippen molar-refractivity contribution in [3.05, 3.63) is 0 Å². The van der Waals surface area contributed by atoms with E-state index in [1.54, 1.807) is 0 Å². The van der Waals surface area contributed by atoms with Gasteiger partial charge in [-0.15, -0.1) is 0 Å². The molecule has 4 nitrogen and oxygen atoms in total. The van der Waals surface area contributed by atoms with E-state index in [9.17, 15) is 9.59 Å². The first kappa shape index (κ1) is 13.6. The van der Waals surface area contributed by atoms with Crippen molar-refractivity contribution < 1.29 is 14.3 Å². The number of ether oxygens (including phenoxy) is 1. The lowest BCUT2D eigenvalue weighted by Crippen LogP contribution is -2.53. The number of carbonyl (C=O) groups excluding carboxylic acids is 2. The Kier molecular flexibility index (Phi) is 3.23. The van der Waals surface area contributed by atoms with Gasteiger partial charge in [0.15, 0.2) is 0 Å². The lowest BCUT2D eigenvalue weighted by atomic mass is 9.51. The Morgan fingerprint density at radius 2 is 1.62 bits per heavy atom. The van der Waals surface area contributed by atoms with Gasteiger partial charge in [0, 0.05) is 12.5 Å². The molecule has 116 valence electrons. The molecule has 4 saturated carbocycles. The van der Waals surface area contributed by atoms with Gasteiger partial charge in [-0.25, -0.2) is 4.79 Å². The highest BCUT2D eigenvalue weighted by atomic mass is 16.5. The fourth-order valence-corrected chi connectivity index (χ4v) is 5.93. The van der Waals surface area contributed by atoms with Crippen LogP contribution in [0.3, 0.4) is 0 Å². The number of methoxy groups -OCH3 is 1. The van der Waals surface area contributed by atoms with Crippen LogP contribution >= 0.6 is 0 Å². The molecule has 1 saturated heterocycles. The normalized spacial score (nSPS) is 44.1. The average molecular weight is 291 g/mol. The first-order chi connectivity index (χ1) is 10.2. The molecule has 1 unspecified atom stereocenters. The Morgan fingerprint density at radius 1 is 1.00 bits per heavy atom.